The van der Waals surface area contributed by atoms with Gasteiger partial charge in [-0.15, -0.1) is 5.10 Å². The molecule has 3 aromatic rings. The molecule has 0 radical (unpaired) electrons. The molecule has 6 heteroatoms. The van der Waals surface area contributed by atoms with E-state index in [0.29, 0.717) is 11.6 Å². The Hall–Kier alpha value is -2.47. The highest BCUT2D eigenvalue weighted by atomic mass is 16.5. The number of para-hydroxylation sites is 1. The van der Waals surface area contributed by atoms with Crippen molar-refractivity contribution in [2.75, 3.05) is 31.7 Å². The third-order valence-corrected chi connectivity index (χ3v) is 4.78. The Balaban J connectivity index is 1.48. The predicted octanol–water partition coefficient (Wildman–Crippen LogP) is 3.54. The molecular weight excluding hydrogens is 316 g/mol. The number of hydrogen-bond acceptors (Lipinski definition) is 6. The third kappa shape index (κ3) is 3.64. The second-order valence-corrected chi connectivity index (χ2v) is 6.56. The molecule has 130 valence electrons. The lowest BCUT2D eigenvalue weighted by Crippen LogP contribution is -2.25. The first-order chi connectivity index (χ1) is 12.3. The molecule has 2 aromatic heterocycles. The Morgan fingerprint density at radius 2 is 2.04 bits per heavy atom. The monoisotopic (exact) mass is 338 g/mol. The van der Waals surface area contributed by atoms with Crippen LogP contribution in [0, 0.1) is 5.92 Å². The zero-order valence-electron chi connectivity index (χ0n) is 14.4. The highest BCUT2D eigenvalue weighted by molar-refractivity contribution is 5.82. The van der Waals surface area contributed by atoms with Crippen molar-refractivity contribution in [1.82, 2.24) is 15.2 Å². The first-order valence-electron chi connectivity index (χ1n) is 8.77. The van der Waals surface area contributed by atoms with E-state index in [4.69, 9.17) is 9.15 Å². The summed E-state index contributed by atoms with van der Waals surface area (Å²) in [6.07, 6.45) is 5.06. The SMILES string of the molecule is CN(CCC1CCOCC1)c1nncc(-c2cc3ccccc3o2)n1. The minimum absolute atomic E-state index is 0.630. The molecule has 0 spiro atoms. The fraction of sp³-hybridized carbons (Fsp3) is 0.421. The van der Waals surface area contributed by atoms with Crippen LogP contribution in [0.4, 0.5) is 5.95 Å². The van der Waals surface area contributed by atoms with Crippen LogP contribution in [0.1, 0.15) is 19.3 Å². The van der Waals surface area contributed by atoms with Gasteiger partial charge in [0.25, 0.3) is 0 Å². The molecule has 0 aliphatic carbocycles. The average molecular weight is 338 g/mol. The minimum atomic E-state index is 0.630. The zero-order valence-corrected chi connectivity index (χ0v) is 14.4. The molecule has 0 amide bonds. The van der Waals surface area contributed by atoms with Crippen LogP contribution in [-0.4, -0.2) is 42.0 Å². The molecule has 0 bridgehead atoms. The maximum absolute atomic E-state index is 5.88. The Morgan fingerprint density at radius 1 is 1.20 bits per heavy atom. The van der Waals surface area contributed by atoms with Crippen molar-refractivity contribution in [3.05, 3.63) is 36.5 Å². The summed E-state index contributed by atoms with van der Waals surface area (Å²) in [5, 5.41) is 9.35. The summed E-state index contributed by atoms with van der Waals surface area (Å²) in [6, 6.07) is 9.93. The van der Waals surface area contributed by atoms with Gasteiger partial charge in [-0.2, -0.15) is 5.10 Å². The molecule has 1 aliphatic rings. The Kier molecular flexibility index (Phi) is 4.61. The summed E-state index contributed by atoms with van der Waals surface area (Å²) in [6.45, 7) is 2.68. The van der Waals surface area contributed by atoms with Gasteiger partial charge in [0.2, 0.25) is 5.95 Å². The van der Waals surface area contributed by atoms with Gasteiger partial charge in [0, 0.05) is 32.2 Å². The van der Waals surface area contributed by atoms with E-state index in [2.05, 4.69) is 20.1 Å². The largest absolute Gasteiger partial charge is 0.454 e. The number of fused-ring (bicyclic) bond motifs is 1. The summed E-state index contributed by atoms with van der Waals surface area (Å²) >= 11 is 0. The highest BCUT2D eigenvalue weighted by Gasteiger charge is 2.16. The topological polar surface area (TPSA) is 64.3 Å². The van der Waals surface area contributed by atoms with Crippen LogP contribution in [0.2, 0.25) is 0 Å². The van der Waals surface area contributed by atoms with E-state index in [1.165, 1.54) is 0 Å². The standard InChI is InChI=1S/C19H22N4O2/c1-23(9-6-14-7-10-24-11-8-14)19-21-16(13-20-22-19)18-12-15-4-2-3-5-17(15)25-18/h2-5,12-14H,6-11H2,1H3. The van der Waals surface area contributed by atoms with Gasteiger partial charge in [-0.1, -0.05) is 18.2 Å². The number of nitrogens with zero attached hydrogens (tertiary/aromatic N) is 4. The lowest BCUT2D eigenvalue weighted by molar-refractivity contribution is 0.0645. The molecular formula is C19H22N4O2. The first-order valence-corrected chi connectivity index (χ1v) is 8.77. The van der Waals surface area contributed by atoms with Crippen LogP contribution in [0.5, 0.6) is 0 Å². The molecule has 0 unspecified atom stereocenters. The van der Waals surface area contributed by atoms with E-state index < -0.39 is 0 Å². The predicted molar refractivity (Wildman–Crippen MR) is 96.5 cm³/mol. The van der Waals surface area contributed by atoms with Gasteiger partial charge in [0.1, 0.15) is 11.3 Å². The number of anilines is 1. The van der Waals surface area contributed by atoms with Gasteiger partial charge >= 0.3 is 0 Å². The van der Waals surface area contributed by atoms with Gasteiger partial charge in [-0.3, -0.25) is 0 Å². The van der Waals surface area contributed by atoms with Crippen molar-refractivity contribution >= 4 is 16.9 Å². The minimum Gasteiger partial charge on any atom is -0.454 e. The van der Waals surface area contributed by atoms with Crippen molar-refractivity contribution < 1.29 is 9.15 Å². The fourth-order valence-electron chi connectivity index (χ4n) is 3.19. The molecule has 3 heterocycles. The molecule has 4 rings (SSSR count). The summed E-state index contributed by atoms with van der Waals surface area (Å²) < 4.78 is 11.3. The molecule has 1 fully saturated rings. The van der Waals surface area contributed by atoms with Crippen molar-refractivity contribution in [2.45, 2.75) is 19.3 Å². The van der Waals surface area contributed by atoms with Crippen molar-refractivity contribution in [1.29, 1.82) is 0 Å². The second kappa shape index (κ2) is 7.19. The van der Waals surface area contributed by atoms with Crippen molar-refractivity contribution in [3.8, 4) is 11.5 Å². The molecule has 6 nitrogen and oxygen atoms in total. The van der Waals surface area contributed by atoms with E-state index >= 15 is 0 Å². The summed E-state index contributed by atoms with van der Waals surface area (Å²) in [4.78, 5) is 6.70. The van der Waals surface area contributed by atoms with E-state index in [1.54, 1.807) is 6.20 Å². The summed E-state index contributed by atoms with van der Waals surface area (Å²) in [5.41, 5.74) is 1.56. The van der Waals surface area contributed by atoms with Crippen LogP contribution < -0.4 is 4.90 Å². The van der Waals surface area contributed by atoms with Gasteiger partial charge in [-0.05, 0) is 37.3 Å². The van der Waals surface area contributed by atoms with Crippen molar-refractivity contribution in [3.63, 3.8) is 0 Å². The fourth-order valence-corrected chi connectivity index (χ4v) is 3.19. The van der Waals surface area contributed by atoms with Crippen LogP contribution >= 0.6 is 0 Å². The second-order valence-electron chi connectivity index (χ2n) is 6.56. The van der Waals surface area contributed by atoms with Crippen LogP contribution in [-0.2, 0) is 4.74 Å². The Morgan fingerprint density at radius 3 is 2.88 bits per heavy atom. The molecule has 1 aromatic carbocycles. The summed E-state index contributed by atoms with van der Waals surface area (Å²) in [7, 11) is 2.01. The zero-order chi connectivity index (χ0) is 17.1. The highest BCUT2D eigenvalue weighted by Crippen LogP contribution is 2.26. The van der Waals surface area contributed by atoms with E-state index in [-0.39, 0.29) is 0 Å². The Bertz CT molecular complexity index is 809. The van der Waals surface area contributed by atoms with E-state index in [9.17, 15) is 0 Å². The molecule has 1 saturated heterocycles. The van der Waals surface area contributed by atoms with Crippen LogP contribution in [0.25, 0.3) is 22.4 Å². The number of ether oxygens (including phenoxy) is 1. The lowest BCUT2D eigenvalue weighted by atomic mass is 9.96. The maximum atomic E-state index is 5.88. The number of aromatic nitrogens is 3. The Labute approximate surface area is 146 Å². The molecule has 0 atom stereocenters. The van der Waals surface area contributed by atoms with Crippen LogP contribution in [0.15, 0.2) is 40.9 Å². The van der Waals surface area contributed by atoms with E-state index in [0.717, 1.165) is 61.7 Å². The molecule has 25 heavy (non-hydrogen) atoms. The smallest absolute Gasteiger partial charge is 0.245 e. The van der Waals surface area contributed by atoms with Gasteiger partial charge < -0.3 is 14.1 Å². The lowest BCUT2D eigenvalue weighted by Gasteiger charge is -2.24. The normalized spacial score (nSPS) is 15.6. The van der Waals surface area contributed by atoms with Crippen molar-refractivity contribution in [2.24, 2.45) is 5.92 Å². The molecule has 1 aliphatic heterocycles. The van der Waals surface area contributed by atoms with Gasteiger partial charge in [0.05, 0.1) is 6.20 Å². The molecule has 0 N–H and O–H groups in total. The van der Waals surface area contributed by atoms with Crippen LogP contribution in [0.3, 0.4) is 0 Å². The van der Waals surface area contributed by atoms with E-state index in [1.807, 2.05) is 37.4 Å². The number of benzene rings is 1. The summed E-state index contributed by atoms with van der Waals surface area (Å²) in [5.74, 6) is 2.07. The average Bonchev–Trinajstić information content (AvgIpc) is 3.11. The number of rotatable bonds is 5. The van der Waals surface area contributed by atoms with Gasteiger partial charge in [-0.25, -0.2) is 4.98 Å². The first kappa shape index (κ1) is 16.0. The number of furan rings is 1. The number of hydrogen-bond donors (Lipinski definition) is 0. The third-order valence-electron chi connectivity index (χ3n) is 4.78. The van der Waals surface area contributed by atoms with Gasteiger partial charge in [0.15, 0.2) is 5.76 Å². The quantitative estimate of drug-likeness (QED) is 0.709. The maximum Gasteiger partial charge on any atom is 0.245 e. The molecule has 0 saturated carbocycles.